The average molecular weight is 459 g/mol. The van der Waals surface area contributed by atoms with Crippen molar-refractivity contribution >= 4 is 44.2 Å². The summed E-state index contributed by atoms with van der Waals surface area (Å²) in [5.74, 6) is -0.279. The van der Waals surface area contributed by atoms with Gasteiger partial charge in [-0.15, -0.1) is 0 Å². The van der Waals surface area contributed by atoms with Crippen LogP contribution in [0.4, 0.5) is 11.4 Å². The van der Waals surface area contributed by atoms with E-state index < -0.39 is 0 Å². The van der Waals surface area contributed by atoms with Crippen LogP contribution in [0.5, 0.6) is 0 Å². The molecule has 0 aromatic carbocycles. The number of carbonyl (C=O) groups is 1. The van der Waals surface area contributed by atoms with Crippen LogP contribution < -0.4 is 21.1 Å². The van der Waals surface area contributed by atoms with E-state index >= 15 is 0 Å². The van der Waals surface area contributed by atoms with E-state index in [1.54, 1.807) is 19.4 Å². The third-order valence-electron chi connectivity index (χ3n) is 5.37. The van der Waals surface area contributed by atoms with Gasteiger partial charge in [-0.1, -0.05) is 0 Å². The first kappa shape index (κ1) is 19.7. The number of nitrogens with zero attached hydrogens (tertiary/aromatic N) is 3. The zero-order valence-electron chi connectivity index (χ0n) is 16.3. The highest BCUT2D eigenvalue weighted by Crippen LogP contribution is 2.39. The minimum Gasteiger partial charge on any atom is -0.368 e. The van der Waals surface area contributed by atoms with Crippen molar-refractivity contribution in [1.82, 2.24) is 19.9 Å². The van der Waals surface area contributed by atoms with E-state index in [0.717, 1.165) is 41.5 Å². The molecule has 0 bridgehead atoms. The molecule has 8 nitrogen and oxygen atoms in total. The molecule has 3 N–H and O–H groups in total. The molecule has 3 aromatic rings. The fourth-order valence-electron chi connectivity index (χ4n) is 3.80. The third kappa shape index (κ3) is 3.79. The molecule has 0 unspecified atom stereocenters. The summed E-state index contributed by atoms with van der Waals surface area (Å²) >= 11 is 3.65. The molecule has 1 aliphatic rings. The minimum absolute atomic E-state index is 0.159. The smallest absolute Gasteiger partial charge is 0.257 e. The van der Waals surface area contributed by atoms with Gasteiger partial charge < -0.3 is 25.1 Å². The van der Waals surface area contributed by atoms with Gasteiger partial charge in [0.05, 0.1) is 26.8 Å². The largest absolute Gasteiger partial charge is 0.368 e. The first-order chi connectivity index (χ1) is 14.0. The number of anilines is 2. The fraction of sp³-hybridized carbons (Fsp3) is 0.350. The van der Waals surface area contributed by atoms with E-state index in [2.05, 4.69) is 41.4 Å². The maximum absolute atomic E-state index is 12.8. The molecule has 0 spiro atoms. The molecule has 9 heteroatoms. The highest BCUT2D eigenvalue weighted by Gasteiger charge is 2.25. The second-order valence-corrected chi connectivity index (χ2v) is 8.13. The summed E-state index contributed by atoms with van der Waals surface area (Å²) in [6, 6.07) is 3.34. The van der Waals surface area contributed by atoms with E-state index in [9.17, 15) is 9.59 Å². The molecular weight excluding hydrogens is 436 g/mol. The lowest BCUT2D eigenvalue weighted by Gasteiger charge is -2.35. The lowest BCUT2D eigenvalue weighted by atomic mass is 10.0. The number of pyridine rings is 2. The summed E-state index contributed by atoms with van der Waals surface area (Å²) < 4.78 is 2.28. The Bertz CT molecular complexity index is 1120. The number of nitrogens with one attached hydrogen (secondary N) is 3. The van der Waals surface area contributed by atoms with Crippen LogP contribution in [0.1, 0.15) is 23.2 Å². The lowest BCUT2D eigenvalue weighted by molar-refractivity contribution is 0.102. The van der Waals surface area contributed by atoms with Gasteiger partial charge in [0, 0.05) is 50.8 Å². The van der Waals surface area contributed by atoms with Crippen LogP contribution in [0.25, 0.3) is 11.0 Å². The number of hydrogen-bond acceptors (Lipinski definition) is 5. The Hall–Kier alpha value is -2.65. The van der Waals surface area contributed by atoms with Crippen molar-refractivity contribution in [2.45, 2.75) is 18.9 Å². The van der Waals surface area contributed by atoms with Crippen molar-refractivity contribution in [3.63, 3.8) is 0 Å². The molecule has 0 radical (unpaired) electrons. The molecule has 4 rings (SSSR count). The predicted octanol–water partition coefficient (Wildman–Crippen LogP) is 2.46. The van der Waals surface area contributed by atoms with Crippen LogP contribution >= 0.6 is 15.9 Å². The van der Waals surface area contributed by atoms with Gasteiger partial charge in [0.1, 0.15) is 5.65 Å². The Morgan fingerprint density at radius 2 is 2.21 bits per heavy atom. The number of hydrogen-bond donors (Lipinski definition) is 3. The van der Waals surface area contributed by atoms with Crippen LogP contribution in [0, 0.1) is 0 Å². The molecule has 1 fully saturated rings. The number of aryl methyl sites for hydroxylation is 1. The van der Waals surface area contributed by atoms with Crippen LogP contribution in [0.2, 0.25) is 0 Å². The van der Waals surface area contributed by atoms with E-state index in [1.165, 1.54) is 22.9 Å². The SMILES string of the molecule is CN[C@@H]1CCCN(c2c(Br)cnc3[nH]cc(NC(=O)c4ccc(=O)n(C)c4)c23)C1. The van der Waals surface area contributed by atoms with Gasteiger partial charge in [0.25, 0.3) is 5.91 Å². The Morgan fingerprint density at radius 1 is 1.38 bits per heavy atom. The second kappa shape index (κ2) is 8.00. The summed E-state index contributed by atoms with van der Waals surface area (Å²) in [4.78, 5) is 34.3. The Kier molecular flexibility index (Phi) is 5.42. The molecule has 4 heterocycles. The number of aromatic nitrogens is 3. The minimum atomic E-state index is -0.279. The molecule has 1 amide bonds. The highest BCUT2D eigenvalue weighted by atomic mass is 79.9. The van der Waals surface area contributed by atoms with Gasteiger partial charge in [-0.3, -0.25) is 9.59 Å². The first-order valence-corrected chi connectivity index (χ1v) is 10.3. The maximum Gasteiger partial charge on any atom is 0.257 e. The maximum atomic E-state index is 12.8. The molecule has 1 saturated heterocycles. The molecule has 0 saturated carbocycles. The number of aromatic amines is 1. The van der Waals surface area contributed by atoms with Gasteiger partial charge in [-0.2, -0.15) is 0 Å². The molecular formula is C20H23BrN6O2. The van der Waals surface area contributed by atoms with Gasteiger partial charge in [-0.25, -0.2) is 4.98 Å². The molecule has 0 aliphatic carbocycles. The summed E-state index contributed by atoms with van der Waals surface area (Å²) in [6.07, 6.45) is 7.31. The summed E-state index contributed by atoms with van der Waals surface area (Å²) in [5, 5.41) is 7.21. The lowest BCUT2D eigenvalue weighted by Crippen LogP contribution is -2.44. The van der Waals surface area contributed by atoms with Crippen LogP contribution in [0.15, 0.2) is 40.0 Å². The summed E-state index contributed by atoms with van der Waals surface area (Å²) in [7, 11) is 3.61. The number of fused-ring (bicyclic) bond motifs is 1. The predicted molar refractivity (Wildman–Crippen MR) is 118 cm³/mol. The highest BCUT2D eigenvalue weighted by molar-refractivity contribution is 9.10. The molecule has 152 valence electrons. The number of rotatable bonds is 4. The third-order valence-corrected chi connectivity index (χ3v) is 5.95. The molecule has 3 aromatic heterocycles. The molecule has 1 atom stereocenters. The van der Waals surface area contributed by atoms with Crippen molar-refractivity contribution < 1.29 is 4.79 Å². The van der Waals surface area contributed by atoms with Crippen molar-refractivity contribution in [2.24, 2.45) is 7.05 Å². The Labute approximate surface area is 176 Å². The molecule has 1 aliphatic heterocycles. The van der Waals surface area contributed by atoms with Gasteiger partial charge in [0.2, 0.25) is 5.56 Å². The zero-order chi connectivity index (χ0) is 20.5. The molecule has 29 heavy (non-hydrogen) atoms. The number of likely N-dealkylation sites (N-methyl/N-ethyl adjacent to an activating group) is 1. The van der Waals surface area contributed by atoms with Crippen LogP contribution in [-0.2, 0) is 7.05 Å². The summed E-state index contributed by atoms with van der Waals surface area (Å²) in [6.45, 7) is 1.82. The Balaban J connectivity index is 1.72. The van der Waals surface area contributed by atoms with E-state index in [1.807, 2.05) is 7.05 Å². The number of halogens is 1. The standard InChI is InChI=1S/C20H23BrN6O2/c1-22-13-4-3-7-27(11-13)18-14(21)8-23-19-17(18)15(9-24-19)25-20(29)12-5-6-16(28)26(2)10-12/h5-6,8-10,13,22H,3-4,7,11H2,1-2H3,(H,23,24)(H,25,29)/t13-/m1/s1. The number of carbonyl (C=O) groups excluding carboxylic acids is 1. The Morgan fingerprint density at radius 3 is 2.97 bits per heavy atom. The van der Waals surface area contributed by atoms with Gasteiger partial charge in [-0.05, 0) is 41.9 Å². The quantitative estimate of drug-likeness (QED) is 0.558. The zero-order valence-corrected chi connectivity index (χ0v) is 17.9. The van der Waals surface area contributed by atoms with Crippen molar-refractivity contribution in [3.05, 3.63) is 51.1 Å². The number of piperidine rings is 1. The monoisotopic (exact) mass is 458 g/mol. The van der Waals surface area contributed by atoms with Crippen molar-refractivity contribution in [3.8, 4) is 0 Å². The van der Waals surface area contributed by atoms with E-state index in [-0.39, 0.29) is 11.5 Å². The summed E-state index contributed by atoms with van der Waals surface area (Å²) in [5.41, 5.74) is 2.65. The average Bonchev–Trinajstić information content (AvgIpc) is 3.12. The number of H-pyrrole nitrogens is 1. The van der Waals surface area contributed by atoms with Crippen LogP contribution in [-0.4, -0.2) is 46.6 Å². The normalized spacial score (nSPS) is 16.9. The van der Waals surface area contributed by atoms with Crippen LogP contribution in [0.3, 0.4) is 0 Å². The number of amides is 1. The van der Waals surface area contributed by atoms with Gasteiger partial charge in [0.15, 0.2) is 0 Å². The second-order valence-electron chi connectivity index (χ2n) is 7.28. The first-order valence-electron chi connectivity index (χ1n) is 9.53. The topological polar surface area (TPSA) is 95.1 Å². The van der Waals surface area contributed by atoms with Crippen molar-refractivity contribution in [2.75, 3.05) is 30.4 Å². The van der Waals surface area contributed by atoms with Crippen molar-refractivity contribution in [1.29, 1.82) is 0 Å². The van der Waals surface area contributed by atoms with E-state index in [0.29, 0.717) is 22.9 Å². The fourth-order valence-corrected chi connectivity index (χ4v) is 4.35. The van der Waals surface area contributed by atoms with E-state index in [4.69, 9.17) is 0 Å². The van der Waals surface area contributed by atoms with Gasteiger partial charge >= 0.3 is 0 Å².